The second-order valence-corrected chi connectivity index (χ2v) is 1.83. The Balaban J connectivity index is 0. The topological polar surface area (TPSA) is 12.0 Å². The molecule has 1 atom stereocenters. The van der Waals surface area contributed by atoms with Gasteiger partial charge in [-0.1, -0.05) is 19.1 Å². The van der Waals surface area contributed by atoms with Crippen molar-refractivity contribution in [2.24, 2.45) is 0 Å². The molecule has 0 heterocycles. The average molecular weight is 150 g/mol. The number of hydrogen-bond donors (Lipinski definition) is 1. The van der Waals surface area contributed by atoms with Crippen LogP contribution in [-0.4, -0.2) is 13.1 Å². The maximum atomic E-state index is 3.17. The molecule has 0 aromatic rings. The minimum Gasteiger partial charge on any atom is -0.314 e. The highest BCUT2D eigenvalue weighted by molar-refractivity contribution is 5.85. The third kappa shape index (κ3) is 5.87. The van der Waals surface area contributed by atoms with Crippen molar-refractivity contribution in [3.8, 4) is 0 Å². The predicted molar refractivity (Wildman–Crippen MR) is 45.2 cm³/mol. The van der Waals surface area contributed by atoms with Gasteiger partial charge < -0.3 is 5.32 Å². The Morgan fingerprint density at radius 1 is 1.56 bits per heavy atom. The standard InChI is InChI=1S/C7H15N.ClH/c1-4-6-7(5-2)8-3;/h4,6-8H,5H2,1-3H3;1H/b6-4-;/t7-;/m1./s1. The fourth-order valence-corrected chi connectivity index (χ4v) is 0.669. The van der Waals surface area contributed by atoms with Crippen molar-refractivity contribution in [1.29, 1.82) is 0 Å². The van der Waals surface area contributed by atoms with Crippen molar-refractivity contribution in [3.05, 3.63) is 12.2 Å². The van der Waals surface area contributed by atoms with Gasteiger partial charge in [0.25, 0.3) is 0 Å². The third-order valence-electron chi connectivity index (χ3n) is 1.24. The van der Waals surface area contributed by atoms with Gasteiger partial charge in [-0.25, -0.2) is 0 Å². The van der Waals surface area contributed by atoms with Crippen LogP contribution in [-0.2, 0) is 0 Å². The summed E-state index contributed by atoms with van der Waals surface area (Å²) in [6.07, 6.45) is 5.41. The highest BCUT2D eigenvalue weighted by Gasteiger charge is 1.91. The van der Waals surface area contributed by atoms with Crippen LogP contribution in [0.25, 0.3) is 0 Å². The van der Waals surface area contributed by atoms with E-state index in [1.54, 1.807) is 0 Å². The summed E-state index contributed by atoms with van der Waals surface area (Å²) in [5.41, 5.74) is 0. The number of likely N-dealkylation sites (N-methyl/N-ethyl adjacent to an activating group) is 1. The van der Waals surface area contributed by atoms with E-state index < -0.39 is 0 Å². The zero-order valence-corrected chi connectivity index (χ0v) is 7.16. The summed E-state index contributed by atoms with van der Waals surface area (Å²) in [5, 5.41) is 3.17. The smallest absolute Gasteiger partial charge is 0.0244 e. The quantitative estimate of drug-likeness (QED) is 0.606. The lowest BCUT2D eigenvalue weighted by molar-refractivity contribution is 0.647. The summed E-state index contributed by atoms with van der Waals surface area (Å²) in [6, 6.07) is 0.569. The van der Waals surface area contributed by atoms with Gasteiger partial charge in [-0.2, -0.15) is 0 Å². The highest BCUT2D eigenvalue weighted by Crippen LogP contribution is 1.89. The van der Waals surface area contributed by atoms with E-state index in [1.165, 1.54) is 6.42 Å². The fourth-order valence-electron chi connectivity index (χ4n) is 0.669. The largest absolute Gasteiger partial charge is 0.314 e. The third-order valence-corrected chi connectivity index (χ3v) is 1.24. The van der Waals surface area contributed by atoms with Crippen LogP contribution in [0.1, 0.15) is 20.3 Å². The van der Waals surface area contributed by atoms with Crippen LogP contribution in [0.15, 0.2) is 12.2 Å². The normalized spacial score (nSPS) is 13.2. The predicted octanol–water partition coefficient (Wildman–Crippen LogP) is 1.98. The summed E-state index contributed by atoms with van der Waals surface area (Å²) in [4.78, 5) is 0. The molecule has 0 aromatic carbocycles. The molecule has 0 aliphatic heterocycles. The van der Waals surface area contributed by atoms with Gasteiger partial charge >= 0.3 is 0 Å². The summed E-state index contributed by atoms with van der Waals surface area (Å²) >= 11 is 0. The molecule has 0 saturated carbocycles. The molecule has 0 aliphatic rings. The lowest BCUT2D eigenvalue weighted by atomic mass is 10.2. The van der Waals surface area contributed by atoms with E-state index >= 15 is 0 Å². The Morgan fingerprint density at radius 3 is 2.22 bits per heavy atom. The zero-order chi connectivity index (χ0) is 6.41. The number of allylic oxidation sites excluding steroid dienone is 1. The molecule has 0 unspecified atom stereocenters. The van der Waals surface area contributed by atoms with Gasteiger partial charge in [0.2, 0.25) is 0 Å². The maximum absolute atomic E-state index is 3.17. The Kier molecular flexibility index (Phi) is 10.4. The van der Waals surface area contributed by atoms with Crippen LogP contribution < -0.4 is 5.32 Å². The fraction of sp³-hybridized carbons (Fsp3) is 0.714. The Morgan fingerprint density at radius 2 is 2.11 bits per heavy atom. The van der Waals surface area contributed by atoms with Crippen LogP contribution in [0.4, 0.5) is 0 Å². The average Bonchev–Trinajstić information content (AvgIpc) is 1.83. The number of nitrogens with one attached hydrogen (secondary N) is 1. The van der Waals surface area contributed by atoms with E-state index in [2.05, 4.69) is 24.4 Å². The molecule has 0 fully saturated rings. The van der Waals surface area contributed by atoms with Gasteiger partial charge in [-0.05, 0) is 20.4 Å². The van der Waals surface area contributed by atoms with Gasteiger partial charge in [0.1, 0.15) is 0 Å². The van der Waals surface area contributed by atoms with Crippen molar-refractivity contribution < 1.29 is 0 Å². The van der Waals surface area contributed by atoms with Crippen LogP contribution in [0, 0.1) is 0 Å². The molecule has 2 heteroatoms. The first-order chi connectivity index (χ1) is 3.85. The Hall–Kier alpha value is -0.0100. The van der Waals surface area contributed by atoms with E-state index in [9.17, 15) is 0 Å². The van der Waals surface area contributed by atoms with Gasteiger partial charge in [0.05, 0.1) is 0 Å². The van der Waals surface area contributed by atoms with Crippen LogP contribution in [0.2, 0.25) is 0 Å². The highest BCUT2D eigenvalue weighted by atomic mass is 35.5. The van der Waals surface area contributed by atoms with Gasteiger partial charge in [0, 0.05) is 6.04 Å². The summed E-state index contributed by atoms with van der Waals surface area (Å²) in [7, 11) is 1.98. The molecule has 0 rings (SSSR count). The first-order valence-corrected chi connectivity index (χ1v) is 3.15. The van der Waals surface area contributed by atoms with Gasteiger partial charge in [-0.3, -0.25) is 0 Å². The summed E-state index contributed by atoms with van der Waals surface area (Å²) in [6.45, 7) is 4.21. The first kappa shape index (κ1) is 11.7. The maximum Gasteiger partial charge on any atom is 0.0244 e. The van der Waals surface area contributed by atoms with Crippen molar-refractivity contribution in [2.45, 2.75) is 26.3 Å². The molecular formula is C7H16ClN. The molecule has 0 aromatic heterocycles. The number of hydrogen-bond acceptors (Lipinski definition) is 1. The molecule has 0 radical (unpaired) electrons. The molecule has 0 amide bonds. The number of halogens is 1. The SMILES string of the molecule is C/C=C\[C@@H](CC)NC.Cl. The van der Waals surface area contributed by atoms with Crippen molar-refractivity contribution in [1.82, 2.24) is 5.32 Å². The van der Waals surface area contributed by atoms with Gasteiger partial charge in [0.15, 0.2) is 0 Å². The molecular weight excluding hydrogens is 134 g/mol. The minimum absolute atomic E-state index is 0. The van der Waals surface area contributed by atoms with E-state index in [4.69, 9.17) is 0 Å². The number of rotatable bonds is 3. The molecule has 9 heavy (non-hydrogen) atoms. The molecule has 0 aliphatic carbocycles. The van der Waals surface area contributed by atoms with E-state index in [0.29, 0.717) is 6.04 Å². The second kappa shape index (κ2) is 7.99. The molecule has 1 nitrogen and oxygen atoms in total. The van der Waals surface area contributed by atoms with Crippen molar-refractivity contribution in [2.75, 3.05) is 7.05 Å². The summed E-state index contributed by atoms with van der Waals surface area (Å²) < 4.78 is 0. The van der Waals surface area contributed by atoms with Gasteiger partial charge in [-0.15, -0.1) is 12.4 Å². The van der Waals surface area contributed by atoms with Crippen LogP contribution in [0.5, 0.6) is 0 Å². The van der Waals surface area contributed by atoms with E-state index in [-0.39, 0.29) is 12.4 Å². The van der Waals surface area contributed by atoms with Crippen molar-refractivity contribution >= 4 is 12.4 Å². The Bertz CT molecular complexity index is 67.3. The molecule has 56 valence electrons. The lowest BCUT2D eigenvalue weighted by Crippen LogP contribution is -2.20. The summed E-state index contributed by atoms with van der Waals surface area (Å²) in [5.74, 6) is 0. The van der Waals surface area contributed by atoms with Crippen LogP contribution in [0.3, 0.4) is 0 Å². The molecule has 1 N–H and O–H groups in total. The monoisotopic (exact) mass is 149 g/mol. The molecule has 0 bridgehead atoms. The zero-order valence-electron chi connectivity index (χ0n) is 6.35. The van der Waals surface area contributed by atoms with Crippen LogP contribution >= 0.6 is 12.4 Å². The second-order valence-electron chi connectivity index (χ2n) is 1.83. The first-order valence-electron chi connectivity index (χ1n) is 3.15. The lowest BCUT2D eigenvalue weighted by Gasteiger charge is -2.05. The molecule has 0 saturated heterocycles. The molecule has 0 spiro atoms. The van der Waals surface area contributed by atoms with Crippen molar-refractivity contribution in [3.63, 3.8) is 0 Å². The minimum atomic E-state index is 0. The van der Waals surface area contributed by atoms with E-state index in [1.807, 2.05) is 14.0 Å². The Labute approximate surface area is 63.9 Å². The van der Waals surface area contributed by atoms with E-state index in [0.717, 1.165) is 0 Å².